The average Bonchev–Trinajstić information content (AvgIpc) is 2.43. The van der Waals surface area contributed by atoms with Crippen molar-refractivity contribution in [1.29, 1.82) is 0 Å². The number of rotatable bonds is 4. The minimum Gasteiger partial charge on any atom is -0.495 e. The second-order valence-corrected chi connectivity index (χ2v) is 6.16. The van der Waals surface area contributed by atoms with Gasteiger partial charge in [0.2, 0.25) is 5.91 Å². The van der Waals surface area contributed by atoms with Crippen molar-refractivity contribution in [3.63, 3.8) is 0 Å². The van der Waals surface area contributed by atoms with Crippen molar-refractivity contribution in [1.82, 2.24) is 0 Å². The van der Waals surface area contributed by atoms with E-state index in [2.05, 4.69) is 21.2 Å². The Balaban J connectivity index is 0.00000220. The van der Waals surface area contributed by atoms with Gasteiger partial charge in [-0.05, 0) is 46.8 Å². The van der Waals surface area contributed by atoms with Gasteiger partial charge in [-0.3, -0.25) is 4.79 Å². The van der Waals surface area contributed by atoms with E-state index >= 15 is 0 Å². The molecule has 1 amide bonds. The number of carbonyl (C=O) groups excluding carboxylic acids is 1. The van der Waals surface area contributed by atoms with Gasteiger partial charge in [-0.1, -0.05) is 12.8 Å². The van der Waals surface area contributed by atoms with Crippen LogP contribution in [-0.2, 0) is 4.79 Å². The predicted octanol–water partition coefficient (Wildman–Crippen LogP) is 3.73. The lowest BCUT2D eigenvalue weighted by molar-refractivity contribution is -0.117. The number of nitrogens with two attached hydrogens (primary N) is 1. The molecular formula is C15H22BrClN2O2. The molecule has 1 saturated carbocycles. The summed E-state index contributed by atoms with van der Waals surface area (Å²) in [6.45, 7) is 0. The minimum atomic E-state index is 0. The number of hydrogen-bond acceptors (Lipinski definition) is 3. The molecule has 1 aliphatic carbocycles. The van der Waals surface area contributed by atoms with Crippen LogP contribution in [0.2, 0.25) is 0 Å². The molecule has 1 aromatic carbocycles. The number of carbonyl (C=O) groups is 1. The van der Waals surface area contributed by atoms with Gasteiger partial charge in [0.1, 0.15) is 5.75 Å². The van der Waals surface area contributed by atoms with E-state index < -0.39 is 0 Å². The molecule has 2 unspecified atom stereocenters. The summed E-state index contributed by atoms with van der Waals surface area (Å²) in [6.07, 6.45) is 4.95. The molecule has 0 aromatic heterocycles. The van der Waals surface area contributed by atoms with E-state index in [4.69, 9.17) is 10.5 Å². The van der Waals surface area contributed by atoms with E-state index in [0.717, 1.165) is 23.0 Å². The van der Waals surface area contributed by atoms with Crippen molar-refractivity contribution < 1.29 is 9.53 Å². The zero-order valence-electron chi connectivity index (χ0n) is 12.1. The van der Waals surface area contributed by atoms with Crippen LogP contribution >= 0.6 is 28.3 Å². The second-order valence-electron chi connectivity index (χ2n) is 5.31. The summed E-state index contributed by atoms with van der Waals surface area (Å²) in [6, 6.07) is 5.68. The lowest BCUT2D eigenvalue weighted by atomic mass is 9.83. The van der Waals surface area contributed by atoms with Crippen molar-refractivity contribution in [2.75, 3.05) is 12.4 Å². The minimum absolute atomic E-state index is 0. The van der Waals surface area contributed by atoms with Crippen molar-refractivity contribution in [3.05, 3.63) is 22.7 Å². The van der Waals surface area contributed by atoms with Crippen LogP contribution < -0.4 is 15.8 Å². The van der Waals surface area contributed by atoms with Crippen LogP contribution in [0.5, 0.6) is 5.75 Å². The van der Waals surface area contributed by atoms with Gasteiger partial charge in [-0.25, -0.2) is 0 Å². The van der Waals surface area contributed by atoms with Crippen LogP contribution in [0.3, 0.4) is 0 Å². The van der Waals surface area contributed by atoms with Gasteiger partial charge in [0.15, 0.2) is 0 Å². The molecule has 0 saturated heterocycles. The number of amides is 1. The monoisotopic (exact) mass is 376 g/mol. The number of benzene rings is 1. The van der Waals surface area contributed by atoms with Crippen LogP contribution in [0.1, 0.15) is 32.1 Å². The Morgan fingerprint density at radius 1 is 1.43 bits per heavy atom. The third kappa shape index (κ3) is 5.16. The topological polar surface area (TPSA) is 64.3 Å². The zero-order chi connectivity index (χ0) is 14.5. The third-order valence-electron chi connectivity index (χ3n) is 3.85. The van der Waals surface area contributed by atoms with Gasteiger partial charge in [-0.15, -0.1) is 12.4 Å². The smallest absolute Gasteiger partial charge is 0.224 e. The summed E-state index contributed by atoms with van der Waals surface area (Å²) in [4.78, 5) is 12.1. The van der Waals surface area contributed by atoms with Gasteiger partial charge in [0.25, 0.3) is 0 Å². The highest BCUT2D eigenvalue weighted by molar-refractivity contribution is 9.10. The summed E-state index contributed by atoms with van der Waals surface area (Å²) < 4.78 is 6.08. The van der Waals surface area contributed by atoms with Crippen molar-refractivity contribution in [3.8, 4) is 5.75 Å². The zero-order valence-corrected chi connectivity index (χ0v) is 14.5. The molecule has 1 fully saturated rings. The van der Waals surface area contributed by atoms with E-state index in [9.17, 15) is 4.79 Å². The number of methoxy groups -OCH3 is 1. The Morgan fingerprint density at radius 3 is 2.81 bits per heavy atom. The van der Waals surface area contributed by atoms with Crippen LogP contribution in [0.15, 0.2) is 22.7 Å². The van der Waals surface area contributed by atoms with E-state index in [1.165, 1.54) is 12.8 Å². The fourth-order valence-electron chi connectivity index (χ4n) is 2.68. The van der Waals surface area contributed by atoms with Crippen LogP contribution in [0, 0.1) is 5.92 Å². The molecule has 3 N–H and O–H groups in total. The molecule has 2 atom stereocenters. The summed E-state index contributed by atoms with van der Waals surface area (Å²) >= 11 is 3.39. The molecule has 2 rings (SSSR count). The highest BCUT2D eigenvalue weighted by atomic mass is 79.9. The second kappa shape index (κ2) is 8.61. The molecule has 0 radical (unpaired) electrons. The van der Waals surface area contributed by atoms with Crippen molar-refractivity contribution >= 4 is 39.9 Å². The van der Waals surface area contributed by atoms with Gasteiger partial charge in [-0.2, -0.15) is 0 Å². The van der Waals surface area contributed by atoms with Gasteiger partial charge in [0.05, 0.1) is 11.6 Å². The maximum Gasteiger partial charge on any atom is 0.224 e. The Bertz CT molecular complexity index is 485. The summed E-state index contributed by atoms with van der Waals surface area (Å²) in [5, 5.41) is 2.92. The SMILES string of the molecule is COc1cc(NC(=O)CC2CCCCC2N)ccc1Br.Cl. The first kappa shape index (κ1) is 18.3. The maximum absolute atomic E-state index is 12.1. The van der Waals surface area contributed by atoms with Crippen LogP contribution in [0.4, 0.5) is 5.69 Å². The Hall–Kier alpha value is -0.780. The molecule has 4 nitrogen and oxygen atoms in total. The average molecular weight is 378 g/mol. The standard InChI is InChI=1S/C15H21BrN2O2.ClH/c1-20-14-9-11(6-7-12(14)16)18-15(19)8-10-4-2-3-5-13(10)17;/h6-7,9-10,13H,2-5,8,17H2,1H3,(H,18,19);1H. The Kier molecular flexibility index (Phi) is 7.49. The van der Waals surface area contributed by atoms with Crippen molar-refractivity contribution in [2.24, 2.45) is 11.7 Å². The molecule has 0 spiro atoms. The van der Waals surface area contributed by atoms with E-state index in [1.54, 1.807) is 7.11 Å². The summed E-state index contributed by atoms with van der Waals surface area (Å²) in [7, 11) is 1.60. The maximum atomic E-state index is 12.1. The highest BCUT2D eigenvalue weighted by Gasteiger charge is 2.24. The van der Waals surface area contributed by atoms with Gasteiger partial charge in [0, 0.05) is 24.2 Å². The number of ether oxygens (including phenoxy) is 1. The lowest BCUT2D eigenvalue weighted by Crippen LogP contribution is -2.35. The largest absolute Gasteiger partial charge is 0.495 e. The highest BCUT2D eigenvalue weighted by Crippen LogP contribution is 2.29. The normalized spacial score (nSPS) is 21.3. The Morgan fingerprint density at radius 2 is 2.14 bits per heavy atom. The number of anilines is 1. The van der Waals surface area contributed by atoms with E-state index in [-0.39, 0.29) is 24.4 Å². The third-order valence-corrected chi connectivity index (χ3v) is 4.51. The molecule has 21 heavy (non-hydrogen) atoms. The van der Waals surface area contributed by atoms with Gasteiger partial charge < -0.3 is 15.8 Å². The molecule has 1 aliphatic rings. The van der Waals surface area contributed by atoms with Crippen molar-refractivity contribution in [2.45, 2.75) is 38.1 Å². The summed E-state index contributed by atoms with van der Waals surface area (Å²) in [5.41, 5.74) is 6.83. The van der Waals surface area contributed by atoms with E-state index in [0.29, 0.717) is 18.1 Å². The first-order chi connectivity index (χ1) is 9.60. The Labute approximate surface area is 140 Å². The molecule has 0 heterocycles. The lowest BCUT2D eigenvalue weighted by Gasteiger charge is -2.27. The first-order valence-electron chi connectivity index (χ1n) is 6.99. The molecule has 0 bridgehead atoms. The number of nitrogens with one attached hydrogen (secondary N) is 1. The fourth-order valence-corrected chi connectivity index (χ4v) is 3.09. The first-order valence-corrected chi connectivity index (χ1v) is 7.78. The fraction of sp³-hybridized carbons (Fsp3) is 0.533. The van der Waals surface area contributed by atoms with Crippen LogP contribution in [-0.4, -0.2) is 19.1 Å². The predicted molar refractivity (Wildman–Crippen MR) is 91.1 cm³/mol. The number of hydrogen-bond donors (Lipinski definition) is 2. The quantitative estimate of drug-likeness (QED) is 0.840. The molecule has 1 aromatic rings. The van der Waals surface area contributed by atoms with E-state index in [1.807, 2.05) is 18.2 Å². The molecular weight excluding hydrogens is 356 g/mol. The molecule has 0 aliphatic heterocycles. The summed E-state index contributed by atoms with van der Waals surface area (Å²) in [5.74, 6) is 1.04. The number of halogens is 2. The molecule has 118 valence electrons. The molecule has 6 heteroatoms. The van der Waals surface area contributed by atoms with Gasteiger partial charge >= 0.3 is 0 Å². The van der Waals surface area contributed by atoms with Crippen LogP contribution in [0.25, 0.3) is 0 Å².